The summed E-state index contributed by atoms with van der Waals surface area (Å²) in [5.41, 5.74) is 1.98. The summed E-state index contributed by atoms with van der Waals surface area (Å²) in [6.07, 6.45) is 1.65. The normalized spacial score (nSPS) is 10.7. The van der Waals surface area contributed by atoms with E-state index in [9.17, 15) is 0 Å². The molecule has 4 heteroatoms. The minimum absolute atomic E-state index is 0.478. The van der Waals surface area contributed by atoms with Crippen molar-refractivity contribution in [2.45, 2.75) is 26.7 Å². The molecular weight excluding hydrogens is 228 g/mol. The van der Waals surface area contributed by atoms with Gasteiger partial charge in [0.1, 0.15) is 12.4 Å². The summed E-state index contributed by atoms with van der Waals surface area (Å²) in [5, 5.41) is 3.25. The average Bonchev–Trinajstić information content (AvgIpc) is 2.90. The van der Waals surface area contributed by atoms with Gasteiger partial charge < -0.3 is 14.5 Å². The number of hydrogen-bond donors (Lipinski definition) is 1. The molecule has 0 amide bonds. The molecule has 96 valence electrons. The third-order valence-corrected chi connectivity index (χ3v) is 2.49. The van der Waals surface area contributed by atoms with Crippen molar-refractivity contribution < 1.29 is 9.15 Å². The number of hydrogen-bond acceptors (Lipinski definition) is 4. The molecule has 0 bridgehead atoms. The predicted molar refractivity (Wildman–Crippen MR) is 68.8 cm³/mol. The van der Waals surface area contributed by atoms with Crippen LogP contribution in [0.1, 0.15) is 24.1 Å². The number of rotatable bonds is 7. The average molecular weight is 246 g/mol. The Hall–Kier alpha value is -1.65. The molecule has 0 aromatic carbocycles. The SMILES string of the molecule is CCNCc1cccc(COCc2ccco2)n1. The van der Waals surface area contributed by atoms with Crippen molar-refractivity contribution in [1.29, 1.82) is 0 Å². The van der Waals surface area contributed by atoms with Crippen LogP contribution >= 0.6 is 0 Å². The van der Waals surface area contributed by atoms with Crippen LogP contribution in [0.3, 0.4) is 0 Å². The molecule has 1 N–H and O–H groups in total. The van der Waals surface area contributed by atoms with E-state index < -0.39 is 0 Å². The maximum absolute atomic E-state index is 5.55. The van der Waals surface area contributed by atoms with Crippen LogP contribution < -0.4 is 5.32 Å². The second-order valence-electron chi connectivity index (χ2n) is 3.97. The number of pyridine rings is 1. The molecule has 4 nitrogen and oxygen atoms in total. The number of furan rings is 1. The molecule has 0 fully saturated rings. The van der Waals surface area contributed by atoms with Crippen molar-refractivity contribution in [3.8, 4) is 0 Å². The lowest BCUT2D eigenvalue weighted by Gasteiger charge is -2.05. The molecule has 0 aliphatic heterocycles. The zero-order chi connectivity index (χ0) is 12.6. The molecule has 0 spiro atoms. The van der Waals surface area contributed by atoms with Gasteiger partial charge in [-0.15, -0.1) is 0 Å². The quantitative estimate of drug-likeness (QED) is 0.815. The highest BCUT2D eigenvalue weighted by Crippen LogP contribution is 2.05. The molecule has 2 rings (SSSR count). The van der Waals surface area contributed by atoms with Crippen LogP contribution in [0.25, 0.3) is 0 Å². The fraction of sp³-hybridized carbons (Fsp3) is 0.357. The number of nitrogens with zero attached hydrogens (tertiary/aromatic N) is 1. The molecule has 0 saturated heterocycles. The molecule has 0 saturated carbocycles. The van der Waals surface area contributed by atoms with Crippen molar-refractivity contribution in [3.63, 3.8) is 0 Å². The van der Waals surface area contributed by atoms with Crippen LogP contribution in [0.2, 0.25) is 0 Å². The van der Waals surface area contributed by atoms with Gasteiger partial charge in [-0.3, -0.25) is 4.98 Å². The van der Waals surface area contributed by atoms with Crippen LogP contribution in [0.4, 0.5) is 0 Å². The Kier molecular flexibility index (Phi) is 4.93. The molecule has 0 atom stereocenters. The van der Waals surface area contributed by atoms with Crippen molar-refractivity contribution in [2.24, 2.45) is 0 Å². The summed E-state index contributed by atoms with van der Waals surface area (Å²) >= 11 is 0. The van der Waals surface area contributed by atoms with Gasteiger partial charge in [0.05, 0.1) is 24.3 Å². The molecule has 2 aromatic heterocycles. The maximum Gasteiger partial charge on any atom is 0.129 e. The standard InChI is InChI=1S/C14H18N2O2/c1-2-15-9-12-5-3-6-13(16-12)10-17-11-14-7-4-8-18-14/h3-8,15H,2,9-11H2,1H3. The summed E-state index contributed by atoms with van der Waals surface area (Å²) in [7, 11) is 0. The Labute approximate surface area is 107 Å². The third kappa shape index (κ3) is 3.98. The lowest BCUT2D eigenvalue weighted by atomic mass is 10.3. The summed E-state index contributed by atoms with van der Waals surface area (Å²) < 4.78 is 10.7. The Morgan fingerprint density at radius 3 is 2.83 bits per heavy atom. The van der Waals surface area contributed by atoms with E-state index in [1.54, 1.807) is 6.26 Å². The first-order chi connectivity index (χ1) is 8.88. The highest BCUT2D eigenvalue weighted by Gasteiger charge is 2.00. The summed E-state index contributed by atoms with van der Waals surface area (Å²) in [6, 6.07) is 9.74. The van der Waals surface area contributed by atoms with Crippen molar-refractivity contribution in [3.05, 3.63) is 53.7 Å². The first-order valence-electron chi connectivity index (χ1n) is 6.14. The van der Waals surface area contributed by atoms with Crippen LogP contribution in [0, 0.1) is 0 Å². The first-order valence-corrected chi connectivity index (χ1v) is 6.14. The maximum atomic E-state index is 5.55. The molecule has 2 aromatic rings. The van der Waals surface area contributed by atoms with E-state index in [-0.39, 0.29) is 0 Å². The highest BCUT2D eigenvalue weighted by atomic mass is 16.5. The molecule has 0 unspecified atom stereocenters. The van der Waals surface area contributed by atoms with Gasteiger partial charge in [0.2, 0.25) is 0 Å². The zero-order valence-corrected chi connectivity index (χ0v) is 10.6. The van der Waals surface area contributed by atoms with E-state index in [1.165, 1.54) is 0 Å². The minimum atomic E-state index is 0.478. The smallest absolute Gasteiger partial charge is 0.129 e. The van der Waals surface area contributed by atoms with Crippen LogP contribution in [-0.2, 0) is 24.5 Å². The Morgan fingerprint density at radius 2 is 2.06 bits per heavy atom. The van der Waals surface area contributed by atoms with Crippen molar-refractivity contribution >= 4 is 0 Å². The fourth-order valence-electron chi connectivity index (χ4n) is 1.61. The molecule has 0 aliphatic carbocycles. The van der Waals surface area contributed by atoms with Gasteiger partial charge in [0, 0.05) is 6.54 Å². The third-order valence-electron chi connectivity index (χ3n) is 2.49. The molecule has 0 radical (unpaired) electrons. The summed E-state index contributed by atoms with van der Waals surface area (Å²) in [4.78, 5) is 4.51. The zero-order valence-electron chi connectivity index (χ0n) is 10.6. The lowest BCUT2D eigenvalue weighted by molar-refractivity contribution is 0.0905. The van der Waals surface area contributed by atoms with Gasteiger partial charge >= 0.3 is 0 Å². The van der Waals surface area contributed by atoms with Gasteiger partial charge in [0.25, 0.3) is 0 Å². The summed E-state index contributed by atoms with van der Waals surface area (Å²) in [5.74, 6) is 0.832. The molecule has 18 heavy (non-hydrogen) atoms. The van der Waals surface area contributed by atoms with E-state index in [4.69, 9.17) is 9.15 Å². The van der Waals surface area contributed by atoms with E-state index in [2.05, 4.69) is 17.2 Å². The lowest BCUT2D eigenvalue weighted by Crippen LogP contribution is -2.13. The number of aromatic nitrogens is 1. The van der Waals surface area contributed by atoms with E-state index in [0.29, 0.717) is 13.2 Å². The second kappa shape index (κ2) is 6.93. The number of nitrogens with one attached hydrogen (secondary N) is 1. The fourth-order valence-corrected chi connectivity index (χ4v) is 1.61. The van der Waals surface area contributed by atoms with Gasteiger partial charge in [-0.25, -0.2) is 0 Å². The number of ether oxygens (including phenoxy) is 1. The largest absolute Gasteiger partial charge is 0.467 e. The Bertz CT molecular complexity index is 455. The van der Waals surface area contributed by atoms with Crippen molar-refractivity contribution in [1.82, 2.24) is 10.3 Å². The van der Waals surface area contributed by atoms with Gasteiger partial charge in [0.15, 0.2) is 0 Å². The predicted octanol–water partition coefficient (Wildman–Crippen LogP) is 2.50. The van der Waals surface area contributed by atoms with Gasteiger partial charge in [-0.05, 0) is 30.8 Å². The van der Waals surface area contributed by atoms with Crippen LogP contribution in [0.15, 0.2) is 41.0 Å². The van der Waals surface area contributed by atoms with E-state index in [1.807, 2.05) is 30.3 Å². The van der Waals surface area contributed by atoms with Crippen LogP contribution in [-0.4, -0.2) is 11.5 Å². The topological polar surface area (TPSA) is 47.3 Å². The van der Waals surface area contributed by atoms with Crippen LogP contribution in [0.5, 0.6) is 0 Å². The molecule has 0 aliphatic rings. The van der Waals surface area contributed by atoms with Gasteiger partial charge in [-0.1, -0.05) is 13.0 Å². The minimum Gasteiger partial charge on any atom is -0.467 e. The van der Waals surface area contributed by atoms with Crippen molar-refractivity contribution in [2.75, 3.05) is 6.54 Å². The summed E-state index contributed by atoms with van der Waals surface area (Å²) in [6.45, 7) is 4.80. The molecule has 2 heterocycles. The Morgan fingerprint density at radius 1 is 1.17 bits per heavy atom. The molecular formula is C14H18N2O2. The Balaban J connectivity index is 1.81. The first kappa shape index (κ1) is 12.8. The van der Waals surface area contributed by atoms with E-state index >= 15 is 0 Å². The van der Waals surface area contributed by atoms with Gasteiger partial charge in [-0.2, -0.15) is 0 Å². The monoisotopic (exact) mass is 246 g/mol. The highest BCUT2D eigenvalue weighted by molar-refractivity contribution is 5.10. The van der Waals surface area contributed by atoms with E-state index in [0.717, 1.165) is 30.2 Å². The second-order valence-corrected chi connectivity index (χ2v) is 3.97.